The lowest BCUT2D eigenvalue weighted by Gasteiger charge is -2.19. The number of nitriles is 3. The van der Waals surface area contributed by atoms with Crippen LogP contribution in [0.3, 0.4) is 0 Å². The first-order valence-corrected chi connectivity index (χ1v) is 16.8. The van der Waals surface area contributed by atoms with E-state index in [-0.39, 0.29) is 5.92 Å². The summed E-state index contributed by atoms with van der Waals surface area (Å²) in [7, 11) is 0. The van der Waals surface area contributed by atoms with Gasteiger partial charge in [0.05, 0.1) is 40.3 Å². The molecular formula is C45H29N5. The molecule has 0 aliphatic heterocycles. The fourth-order valence-corrected chi connectivity index (χ4v) is 7.93. The van der Waals surface area contributed by atoms with Crippen molar-refractivity contribution < 1.29 is 0 Å². The Balaban J connectivity index is 1.15. The van der Waals surface area contributed by atoms with Gasteiger partial charge in [-0.2, -0.15) is 15.8 Å². The van der Waals surface area contributed by atoms with Crippen molar-refractivity contribution in [2.45, 2.75) is 19.3 Å². The van der Waals surface area contributed by atoms with E-state index in [2.05, 4.69) is 124 Å². The number of nitrogens with zero attached hydrogens (tertiary/aromatic N) is 5. The highest BCUT2D eigenvalue weighted by molar-refractivity contribution is 5.95. The Labute approximate surface area is 290 Å². The molecule has 2 aromatic heterocycles. The lowest BCUT2D eigenvalue weighted by Crippen LogP contribution is -2.08. The molecule has 2 aliphatic rings. The summed E-state index contributed by atoms with van der Waals surface area (Å²) >= 11 is 0. The Morgan fingerprint density at radius 2 is 1.38 bits per heavy atom. The van der Waals surface area contributed by atoms with Gasteiger partial charge in [0, 0.05) is 44.5 Å². The van der Waals surface area contributed by atoms with Crippen molar-refractivity contribution in [3.8, 4) is 51.8 Å². The smallest absolute Gasteiger partial charge is 0.101 e. The van der Waals surface area contributed by atoms with Crippen LogP contribution in [0.1, 0.15) is 34.5 Å². The second-order valence-corrected chi connectivity index (χ2v) is 13.0. The summed E-state index contributed by atoms with van der Waals surface area (Å²) in [5.74, 6) is -0.176. The minimum Gasteiger partial charge on any atom is -0.313 e. The van der Waals surface area contributed by atoms with E-state index in [0.717, 1.165) is 85.3 Å². The third-order valence-electron chi connectivity index (χ3n) is 10.2. The molecule has 0 saturated heterocycles. The summed E-state index contributed by atoms with van der Waals surface area (Å²) in [5, 5.41) is 32.0. The maximum atomic E-state index is 10.4. The molecule has 5 heteroatoms. The average Bonchev–Trinajstić information content (AvgIpc) is 3.69. The molecular weight excluding hydrogens is 611 g/mol. The van der Waals surface area contributed by atoms with Crippen molar-refractivity contribution in [3.05, 3.63) is 155 Å². The number of fused-ring (bicyclic) bond motifs is 6. The molecule has 5 nitrogen and oxygen atoms in total. The zero-order valence-electron chi connectivity index (χ0n) is 27.1. The Hall–Kier alpha value is -6.87. The molecule has 7 aromatic rings. The number of para-hydroxylation sites is 3. The van der Waals surface area contributed by atoms with E-state index in [4.69, 9.17) is 0 Å². The van der Waals surface area contributed by atoms with Crippen molar-refractivity contribution in [3.63, 3.8) is 0 Å². The van der Waals surface area contributed by atoms with Crippen molar-refractivity contribution in [1.29, 1.82) is 15.8 Å². The Bertz CT molecular complexity index is 2710. The van der Waals surface area contributed by atoms with Crippen molar-refractivity contribution in [2.75, 3.05) is 0 Å². The van der Waals surface area contributed by atoms with Crippen LogP contribution in [-0.2, 0) is 12.8 Å². The Kier molecular flexibility index (Phi) is 6.84. The van der Waals surface area contributed by atoms with Crippen LogP contribution < -0.4 is 0 Å². The molecule has 0 saturated carbocycles. The Morgan fingerprint density at radius 1 is 0.640 bits per heavy atom. The van der Waals surface area contributed by atoms with E-state index in [1.165, 1.54) is 11.1 Å². The minimum absolute atomic E-state index is 0.176. The molecule has 1 atom stereocenters. The predicted octanol–water partition coefficient (Wildman–Crippen LogP) is 10.3. The van der Waals surface area contributed by atoms with E-state index in [1.807, 2.05) is 36.4 Å². The van der Waals surface area contributed by atoms with E-state index in [9.17, 15) is 15.8 Å². The maximum absolute atomic E-state index is 10.4. The topological polar surface area (TPSA) is 81.2 Å². The van der Waals surface area contributed by atoms with E-state index in [0.29, 0.717) is 12.0 Å². The summed E-state index contributed by atoms with van der Waals surface area (Å²) in [4.78, 5) is 0. The second-order valence-electron chi connectivity index (χ2n) is 13.0. The normalized spacial score (nSPS) is 14.7. The van der Waals surface area contributed by atoms with Crippen LogP contribution in [-0.4, -0.2) is 9.13 Å². The molecule has 1 unspecified atom stereocenters. The minimum atomic E-state index is -0.176. The van der Waals surface area contributed by atoms with Gasteiger partial charge in [0.1, 0.15) is 6.07 Å². The van der Waals surface area contributed by atoms with Gasteiger partial charge in [-0.1, -0.05) is 84.9 Å². The monoisotopic (exact) mass is 639 g/mol. The molecule has 0 N–H and O–H groups in total. The lowest BCUT2D eigenvalue weighted by atomic mass is 9.92. The molecule has 0 bridgehead atoms. The Morgan fingerprint density at radius 3 is 2.16 bits per heavy atom. The SMILES string of the molecule is N#CC1=Cc2c(n(-c3ccc(-c4cccc(-c5cccc(C#N)c5-n5c6c(c7ccccc75)CC(C#N)C=C6)c4)cc3)c3ccccc23)CC1. The molecule has 2 aliphatic carbocycles. The summed E-state index contributed by atoms with van der Waals surface area (Å²) in [5.41, 5.74) is 14.2. The van der Waals surface area contributed by atoms with Gasteiger partial charge < -0.3 is 9.13 Å². The van der Waals surface area contributed by atoms with Gasteiger partial charge in [0.2, 0.25) is 0 Å². The highest BCUT2D eigenvalue weighted by Gasteiger charge is 2.25. The van der Waals surface area contributed by atoms with Crippen molar-refractivity contribution >= 4 is 34.0 Å². The maximum Gasteiger partial charge on any atom is 0.101 e. The molecule has 50 heavy (non-hydrogen) atoms. The molecule has 2 heterocycles. The quantitative estimate of drug-likeness (QED) is 0.192. The van der Waals surface area contributed by atoms with Crippen LogP contribution in [0.5, 0.6) is 0 Å². The summed E-state index contributed by atoms with van der Waals surface area (Å²) in [6, 6.07) is 47.1. The van der Waals surface area contributed by atoms with E-state index < -0.39 is 0 Å². The molecule has 234 valence electrons. The molecule has 0 spiro atoms. The van der Waals surface area contributed by atoms with Gasteiger partial charge in [0.15, 0.2) is 0 Å². The van der Waals surface area contributed by atoms with Crippen LogP contribution in [0.25, 0.3) is 67.6 Å². The number of allylic oxidation sites excluding steroid dienone is 2. The summed E-state index contributed by atoms with van der Waals surface area (Å²) in [6.07, 6.45) is 8.29. The molecule has 0 amide bonds. The van der Waals surface area contributed by atoms with Gasteiger partial charge in [-0.25, -0.2) is 0 Å². The van der Waals surface area contributed by atoms with Crippen LogP contribution in [0.2, 0.25) is 0 Å². The lowest BCUT2D eigenvalue weighted by molar-refractivity contribution is 0.809. The number of hydrogen-bond acceptors (Lipinski definition) is 3. The molecule has 0 radical (unpaired) electrons. The number of benzene rings is 5. The third kappa shape index (κ3) is 4.51. The standard InChI is InChI=1S/C45H29N5/c46-26-29-15-21-43-39(23-29)37-10-1-3-13-41(37)49(43)35-19-17-31(18-20-35)32-7-5-8-33(25-32)36-12-6-9-34(28-48)45(36)50-42-14-4-2-11-38(42)40-24-30(27-47)16-22-44(40)50/h1-14,16-20,22-23,25,30H,15,21,24H2. The van der Waals surface area contributed by atoms with Crippen LogP contribution in [0.4, 0.5) is 0 Å². The van der Waals surface area contributed by atoms with E-state index in [1.54, 1.807) is 0 Å². The van der Waals surface area contributed by atoms with Crippen LogP contribution >= 0.6 is 0 Å². The molecule has 9 rings (SSSR count). The average molecular weight is 640 g/mol. The van der Waals surface area contributed by atoms with Gasteiger partial charge >= 0.3 is 0 Å². The third-order valence-corrected chi connectivity index (χ3v) is 10.2. The zero-order chi connectivity index (χ0) is 33.8. The highest BCUT2D eigenvalue weighted by atomic mass is 15.0. The molecule has 5 aromatic carbocycles. The first-order chi connectivity index (χ1) is 24.7. The zero-order valence-corrected chi connectivity index (χ0v) is 27.1. The summed E-state index contributed by atoms with van der Waals surface area (Å²) < 4.78 is 4.55. The predicted molar refractivity (Wildman–Crippen MR) is 199 cm³/mol. The van der Waals surface area contributed by atoms with Crippen molar-refractivity contribution in [1.82, 2.24) is 9.13 Å². The van der Waals surface area contributed by atoms with E-state index >= 15 is 0 Å². The molecule has 0 fully saturated rings. The number of aromatic nitrogens is 2. The van der Waals surface area contributed by atoms with Crippen molar-refractivity contribution in [2.24, 2.45) is 5.92 Å². The highest BCUT2D eigenvalue weighted by Crippen LogP contribution is 2.41. The second kappa shape index (κ2) is 11.7. The summed E-state index contributed by atoms with van der Waals surface area (Å²) in [6.45, 7) is 0. The number of hydrogen-bond donors (Lipinski definition) is 0. The van der Waals surface area contributed by atoms with Gasteiger partial charge in [-0.05, 0) is 90.1 Å². The fraction of sp³-hybridized carbons (Fsp3) is 0.0889. The first-order valence-electron chi connectivity index (χ1n) is 16.8. The largest absolute Gasteiger partial charge is 0.313 e. The van der Waals surface area contributed by atoms with Gasteiger partial charge in [0.25, 0.3) is 0 Å². The number of rotatable bonds is 4. The van der Waals surface area contributed by atoms with Crippen LogP contribution in [0.15, 0.2) is 127 Å². The van der Waals surface area contributed by atoms with Gasteiger partial charge in [-0.3, -0.25) is 0 Å². The fourth-order valence-electron chi connectivity index (χ4n) is 7.93. The van der Waals surface area contributed by atoms with Gasteiger partial charge in [-0.15, -0.1) is 0 Å². The van der Waals surface area contributed by atoms with Crippen LogP contribution in [0, 0.1) is 39.9 Å². The first kappa shape index (κ1) is 29.3.